The highest BCUT2D eigenvalue weighted by atomic mass is 19.4. The summed E-state index contributed by atoms with van der Waals surface area (Å²) in [5.41, 5.74) is -1.29. The lowest BCUT2D eigenvalue weighted by molar-refractivity contribution is -0.162. The minimum atomic E-state index is -4.39. The van der Waals surface area contributed by atoms with E-state index in [9.17, 15) is 18.3 Å². The van der Waals surface area contributed by atoms with Crippen LogP contribution in [0.15, 0.2) is 24.3 Å². The molecule has 1 unspecified atom stereocenters. The van der Waals surface area contributed by atoms with Gasteiger partial charge in [-0.15, -0.1) is 0 Å². The summed E-state index contributed by atoms with van der Waals surface area (Å²) in [5, 5.41) is 9.83. The molecule has 1 aromatic carbocycles. The summed E-state index contributed by atoms with van der Waals surface area (Å²) in [6.07, 6.45) is -5.40. The molecule has 0 amide bonds. The number of hydrogen-bond donors (Lipinski definition) is 1. The van der Waals surface area contributed by atoms with Crippen molar-refractivity contribution in [2.75, 3.05) is 6.61 Å². The predicted octanol–water partition coefficient (Wildman–Crippen LogP) is 3.63. The van der Waals surface area contributed by atoms with Crippen LogP contribution in [0.5, 0.6) is 0 Å². The molecule has 1 atom stereocenters. The van der Waals surface area contributed by atoms with Crippen LogP contribution in [0.2, 0.25) is 0 Å². The maximum absolute atomic E-state index is 12.9. The smallest absolute Gasteiger partial charge is 0.367 e. The second kappa shape index (κ2) is 5.92. The Bertz CT molecular complexity index is 413. The molecule has 19 heavy (non-hydrogen) atoms. The summed E-state index contributed by atoms with van der Waals surface area (Å²) in [7, 11) is 0. The number of halogens is 3. The summed E-state index contributed by atoms with van der Waals surface area (Å²) in [5.74, 6) is 0. The second-order valence-corrected chi connectivity index (χ2v) is 5.13. The average molecular weight is 276 g/mol. The van der Waals surface area contributed by atoms with E-state index in [0.29, 0.717) is 6.61 Å². The van der Waals surface area contributed by atoms with E-state index in [4.69, 9.17) is 4.74 Å². The van der Waals surface area contributed by atoms with Crippen molar-refractivity contribution >= 4 is 0 Å². The lowest BCUT2D eigenvalue weighted by Crippen LogP contribution is -2.34. The van der Waals surface area contributed by atoms with Gasteiger partial charge in [-0.05, 0) is 25.0 Å². The zero-order chi connectivity index (χ0) is 14.7. The van der Waals surface area contributed by atoms with Crippen LogP contribution in [0.25, 0.3) is 0 Å². The van der Waals surface area contributed by atoms with Gasteiger partial charge in [-0.2, -0.15) is 13.2 Å². The standard InChI is InChI=1S/C14H19F3O2/c1-4-19-12(18)13(2,3)9-10-7-5-6-8-11(10)14(15,16)17/h5-8,12,18H,4,9H2,1-3H3. The Kier molecular flexibility index (Phi) is 4.98. The van der Waals surface area contributed by atoms with E-state index in [0.717, 1.165) is 6.07 Å². The van der Waals surface area contributed by atoms with E-state index in [1.54, 1.807) is 26.8 Å². The van der Waals surface area contributed by atoms with E-state index in [2.05, 4.69) is 0 Å². The van der Waals surface area contributed by atoms with Crippen molar-refractivity contribution in [2.24, 2.45) is 5.41 Å². The van der Waals surface area contributed by atoms with Gasteiger partial charge in [0.1, 0.15) is 0 Å². The molecule has 0 bridgehead atoms. The van der Waals surface area contributed by atoms with Crippen LogP contribution >= 0.6 is 0 Å². The Hall–Kier alpha value is -1.07. The summed E-state index contributed by atoms with van der Waals surface area (Å²) < 4.78 is 43.7. The first kappa shape index (κ1) is 16.0. The topological polar surface area (TPSA) is 29.5 Å². The molecule has 0 aliphatic rings. The Morgan fingerprint density at radius 2 is 1.79 bits per heavy atom. The highest BCUT2D eigenvalue weighted by Crippen LogP contribution is 2.36. The number of alkyl halides is 3. The third-order valence-corrected chi connectivity index (χ3v) is 2.96. The molecule has 2 nitrogen and oxygen atoms in total. The molecule has 0 saturated heterocycles. The van der Waals surface area contributed by atoms with Crippen LogP contribution in [0.3, 0.4) is 0 Å². The van der Waals surface area contributed by atoms with Crippen LogP contribution in [0.1, 0.15) is 31.9 Å². The molecule has 108 valence electrons. The first-order valence-corrected chi connectivity index (χ1v) is 6.13. The highest BCUT2D eigenvalue weighted by Gasteiger charge is 2.36. The molecule has 0 spiro atoms. The van der Waals surface area contributed by atoms with Crippen molar-refractivity contribution in [2.45, 2.75) is 39.7 Å². The van der Waals surface area contributed by atoms with E-state index >= 15 is 0 Å². The maximum Gasteiger partial charge on any atom is 0.416 e. The molecule has 0 aliphatic carbocycles. The molecular weight excluding hydrogens is 257 g/mol. The minimum Gasteiger partial charge on any atom is -0.367 e. The molecule has 1 rings (SSSR count). The van der Waals surface area contributed by atoms with Gasteiger partial charge in [0.05, 0.1) is 5.56 Å². The first-order chi connectivity index (χ1) is 8.68. The third-order valence-electron chi connectivity index (χ3n) is 2.96. The molecule has 0 aromatic heterocycles. The maximum atomic E-state index is 12.9. The Morgan fingerprint density at radius 3 is 2.32 bits per heavy atom. The molecule has 0 aliphatic heterocycles. The zero-order valence-corrected chi connectivity index (χ0v) is 11.3. The minimum absolute atomic E-state index is 0.0872. The fourth-order valence-corrected chi connectivity index (χ4v) is 1.91. The zero-order valence-electron chi connectivity index (χ0n) is 11.3. The van der Waals surface area contributed by atoms with Gasteiger partial charge in [0.2, 0.25) is 0 Å². The van der Waals surface area contributed by atoms with Crippen molar-refractivity contribution in [1.82, 2.24) is 0 Å². The quantitative estimate of drug-likeness (QED) is 0.832. The van der Waals surface area contributed by atoms with Gasteiger partial charge < -0.3 is 9.84 Å². The Morgan fingerprint density at radius 1 is 1.21 bits per heavy atom. The molecule has 0 radical (unpaired) electrons. The lowest BCUT2D eigenvalue weighted by atomic mass is 9.83. The van der Waals surface area contributed by atoms with Crippen molar-refractivity contribution < 1.29 is 23.0 Å². The van der Waals surface area contributed by atoms with Gasteiger partial charge in [-0.25, -0.2) is 0 Å². The number of hydrogen-bond acceptors (Lipinski definition) is 2. The molecule has 1 N–H and O–H groups in total. The van der Waals surface area contributed by atoms with E-state index in [1.807, 2.05) is 0 Å². The van der Waals surface area contributed by atoms with Crippen LogP contribution in [-0.2, 0) is 17.3 Å². The normalized spacial score (nSPS) is 14.5. The third kappa shape index (κ3) is 4.21. The highest BCUT2D eigenvalue weighted by molar-refractivity contribution is 5.30. The van der Waals surface area contributed by atoms with Crippen molar-refractivity contribution in [3.05, 3.63) is 35.4 Å². The van der Waals surface area contributed by atoms with E-state index in [1.165, 1.54) is 12.1 Å². The number of ether oxygens (including phenoxy) is 1. The molecular formula is C14H19F3O2. The predicted molar refractivity (Wildman–Crippen MR) is 66.6 cm³/mol. The van der Waals surface area contributed by atoms with Crippen LogP contribution in [0.4, 0.5) is 13.2 Å². The van der Waals surface area contributed by atoms with Gasteiger partial charge >= 0.3 is 6.18 Å². The van der Waals surface area contributed by atoms with Crippen LogP contribution in [-0.4, -0.2) is 18.0 Å². The fourth-order valence-electron chi connectivity index (χ4n) is 1.91. The average Bonchev–Trinajstić information content (AvgIpc) is 2.28. The molecule has 1 aromatic rings. The Labute approximate surface area is 111 Å². The monoisotopic (exact) mass is 276 g/mol. The van der Waals surface area contributed by atoms with Gasteiger partial charge in [0, 0.05) is 12.0 Å². The van der Waals surface area contributed by atoms with Crippen molar-refractivity contribution in [1.29, 1.82) is 0 Å². The number of benzene rings is 1. The molecule has 0 saturated carbocycles. The first-order valence-electron chi connectivity index (χ1n) is 6.13. The van der Waals surface area contributed by atoms with Crippen molar-refractivity contribution in [3.8, 4) is 0 Å². The summed E-state index contributed by atoms with van der Waals surface area (Å²) in [6, 6.07) is 5.41. The largest absolute Gasteiger partial charge is 0.416 e. The molecule has 5 heteroatoms. The van der Waals surface area contributed by atoms with Gasteiger partial charge in [0.15, 0.2) is 6.29 Å². The fraction of sp³-hybridized carbons (Fsp3) is 0.571. The summed E-state index contributed by atoms with van der Waals surface area (Å²) in [4.78, 5) is 0. The van der Waals surface area contributed by atoms with Crippen LogP contribution in [0, 0.1) is 5.41 Å². The van der Waals surface area contributed by atoms with Crippen molar-refractivity contribution in [3.63, 3.8) is 0 Å². The SMILES string of the molecule is CCOC(O)C(C)(C)Cc1ccccc1C(F)(F)F. The lowest BCUT2D eigenvalue weighted by Gasteiger charge is -2.31. The number of aliphatic hydroxyl groups excluding tert-OH is 1. The van der Waals surface area contributed by atoms with Crippen LogP contribution < -0.4 is 0 Å². The van der Waals surface area contributed by atoms with E-state index < -0.39 is 23.4 Å². The van der Waals surface area contributed by atoms with Gasteiger partial charge in [-0.3, -0.25) is 0 Å². The molecule has 0 fully saturated rings. The Balaban J connectivity index is 2.99. The number of rotatable bonds is 5. The summed E-state index contributed by atoms with van der Waals surface area (Å²) in [6.45, 7) is 5.40. The second-order valence-electron chi connectivity index (χ2n) is 5.13. The van der Waals surface area contributed by atoms with E-state index in [-0.39, 0.29) is 12.0 Å². The van der Waals surface area contributed by atoms with Gasteiger partial charge in [-0.1, -0.05) is 32.0 Å². The molecule has 0 heterocycles. The van der Waals surface area contributed by atoms with Gasteiger partial charge in [0.25, 0.3) is 0 Å². The number of aliphatic hydroxyl groups is 1. The summed E-state index contributed by atoms with van der Waals surface area (Å²) >= 11 is 0.